The lowest BCUT2D eigenvalue weighted by atomic mass is 10.3. The van der Waals surface area contributed by atoms with E-state index in [9.17, 15) is 4.79 Å². The number of carbonyl (C=O) groups is 1. The molecule has 3 aromatic rings. The van der Waals surface area contributed by atoms with E-state index in [1.165, 1.54) is 4.88 Å². The van der Waals surface area contributed by atoms with E-state index >= 15 is 0 Å². The summed E-state index contributed by atoms with van der Waals surface area (Å²) in [5.41, 5.74) is 4.94. The van der Waals surface area contributed by atoms with E-state index in [1.807, 2.05) is 50.2 Å². The predicted octanol–water partition coefficient (Wildman–Crippen LogP) is 2.34. The number of para-hydroxylation sites is 1. The Kier molecular flexibility index (Phi) is 3.97. The van der Waals surface area contributed by atoms with Crippen LogP contribution in [-0.4, -0.2) is 26.6 Å². The van der Waals surface area contributed by atoms with Gasteiger partial charge in [-0.15, -0.1) is 16.4 Å². The highest BCUT2D eigenvalue weighted by Crippen LogP contribution is 2.15. The second-order valence-electron chi connectivity index (χ2n) is 4.88. The summed E-state index contributed by atoms with van der Waals surface area (Å²) < 4.78 is 1.56. The minimum atomic E-state index is -0.233. The Morgan fingerprint density at radius 1 is 1.32 bits per heavy atom. The van der Waals surface area contributed by atoms with Crippen LogP contribution in [0.15, 0.2) is 41.5 Å². The molecule has 0 aliphatic heterocycles. The number of aryl methyl sites for hydroxylation is 1. The van der Waals surface area contributed by atoms with E-state index in [-0.39, 0.29) is 12.5 Å². The SMILES string of the molecule is CC(=NNC(=O)Cn1nnc2ccccc21)c1ccc(C)s1. The Labute approximate surface area is 131 Å². The van der Waals surface area contributed by atoms with Gasteiger partial charge in [-0.1, -0.05) is 17.3 Å². The van der Waals surface area contributed by atoms with Crippen LogP contribution >= 0.6 is 11.3 Å². The van der Waals surface area contributed by atoms with Crippen LogP contribution in [0, 0.1) is 6.92 Å². The first-order chi connectivity index (χ1) is 10.6. The molecule has 0 radical (unpaired) electrons. The lowest BCUT2D eigenvalue weighted by Gasteiger charge is -2.02. The maximum absolute atomic E-state index is 12.0. The maximum atomic E-state index is 12.0. The molecule has 0 unspecified atom stereocenters. The summed E-state index contributed by atoms with van der Waals surface area (Å²) in [6.45, 7) is 3.99. The number of hydrogen-bond acceptors (Lipinski definition) is 5. The van der Waals surface area contributed by atoms with Gasteiger partial charge in [0.2, 0.25) is 0 Å². The van der Waals surface area contributed by atoms with E-state index in [4.69, 9.17) is 0 Å². The third-order valence-electron chi connectivity index (χ3n) is 3.16. The number of nitrogens with one attached hydrogen (secondary N) is 1. The number of aromatic nitrogens is 3. The first-order valence-electron chi connectivity index (χ1n) is 6.81. The molecule has 1 amide bonds. The monoisotopic (exact) mass is 313 g/mol. The van der Waals surface area contributed by atoms with Crippen molar-refractivity contribution in [1.29, 1.82) is 0 Å². The molecule has 0 aliphatic rings. The van der Waals surface area contributed by atoms with Crippen molar-refractivity contribution in [3.05, 3.63) is 46.2 Å². The van der Waals surface area contributed by atoms with E-state index in [2.05, 4.69) is 20.8 Å². The van der Waals surface area contributed by atoms with Gasteiger partial charge in [0.05, 0.1) is 16.1 Å². The van der Waals surface area contributed by atoms with Crippen LogP contribution in [0.3, 0.4) is 0 Å². The molecule has 7 heteroatoms. The molecule has 3 rings (SSSR count). The Balaban J connectivity index is 1.68. The quantitative estimate of drug-likeness (QED) is 0.593. The topological polar surface area (TPSA) is 72.2 Å². The van der Waals surface area contributed by atoms with Crippen LogP contribution in [-0.2, 0) is 11.3 Å². The van der Waals surface area contributed by atoms with Crippen molar-refractivity contribution in [2.75, 3.05) is 0 Å². The molecule has 0 atom stereocenters. The number of hydrogen-bond donors (Lipinski definition) is 1. The summed E-state index contributed by atoms with van der Waals surface area (Å²) in [5, 5.41) is 12.1. The van der Waals surface area contributed by atoms with Crippen LogP contribution in [0.2, 0.25) is 0 Å². The first-order valence-corrected chi connectivity index (χ1v) is 7.63. The molecule has 0 fully saturated rings. The van der Waals surface area contributed by atoms with E-state index in [0.29, 0.717) is 0 Å². The number of amides is 1. The summed E-state index contributed by atoms with van der Waals surface area (Å²) in [6, 6.07) is 11.5. The van der Waals surface area contributed by atoms with Crippen molar-refractivity contribution >= 4 is 34.0 Å². The van der Waals surface area contributed by atoms with Crippen LogP contribution in [0.1, 0.15) is 16.7 Å². The summed E-state index contributed by atoms with van der Waals surface area (Å²) in [6.07, 6.45) is 0. The molecule has 1 N–H and O–H groups in total. The number of rotatable bonds is 4. The van der Waals surface area contributed by atoms with Crippen LogP contribution in [0.4, 0.5) is 0 Å². The summed E-state index contributed by atoms with van der Waals surface area (Å²) in [7, 11) is 0. The number of nitrogens with zero attached hydrogens (tertiary/aromatic N) is 4. The molecule has 2 heterocycles. The zero-order valence-corrected chi connectivity index (χ0v) is 13.1. The third-order valence-corrected chi connectivity index (χ3v) is 4.27. The fourth-order valence-corrected chi connectivity index (χ4v) is 2.85. The number of thiophene rings is 1. The minimum absolute atomic E-state index is 0.0841. The van der Waals surface area contributed by atoms with Crippen molar-refractivity contribution in [3.63, 3.8) is 0 Å². The molecule has 1 aromatic carbocycles. The van der Waals surface area contributed by atoms with Crippen LogP contribution in [0.5, 0.6) is 0 Å². The number of benzene rings is 1. The smallest absolute Gasteiger partial charge is 0.261 e. The van der Waals surface area contributed by atoms with Gasteiger partial charge in [-0.05, 0) is 38.1 Å². The molecule has 112 valence electrons. The largest absolute Gasteiger partial charge is 0.271 e. The zero-order valence-electron chi connectivity index (χ0n) is 12.3. The fourth-order valence-electron chi connectivity index (χ4n) is 2.04. The van der Waals surface area contributed by atoms with Crippen molar-refractivity contribution < 1.29 is 4.79 Å². The van der Waals surface area contributed by atoms with Crippen molar-refractivity contribution in [2.24, 2.45) is 5.10 Å². The number of hydrazone groups is 1. The van der Waals surface area contributed by atoms with E-state index in [1.54, 1.807) is 16.0 Å². The number of carbonyl (C=O) groups excluding carboxylic acids is 1. The lowest BCUT2D eigenvalue weighted by Crippen LogP contribution is -2.24. The molecular weight excluding hydrogens is 298 g/mol. The molecular formula is C15H15N5OS. The average Bonchev–Trinajstić information content (AvgIpc) is 3.12. The Morgan fingerprint density at radius 3 is 2.91 bits per heavy atom. The Bertz CT molecular complexity index is 848. The van der Waals surface area contributed by atoms with Gasteiger partial charge < -0.3 is 0 Å². The van der Waals surface area contributed by atoms with Gasteiger partial charge in [-0.3, -0.25) is 4.79 Å². The first kappa shape index (κ1) is 14.4. The summed E-state index contributed by atoms with van der Waals surface area (Å²) in [5.74, 6) is -0.233. The van der Waals surface area contributed by atoms with Crippen molar-refractivity contribution in [2.45, 2.75) is 20.4 Å². The van der Waals surface area contributed by atoms with Gasteiger partial charge in [0, 0.05) is 4.88 Å². The molecule has 0 spiro atoms. The predicted molar refractivity (Wildman–Crippen MR) is 86.9 cm³/mol. The zero-order chi connectivity index (χ0) is 15.5. The Hall–Kier alpha value is -2.54. The lowest BCUT2D eigenvalue weighted by molar-refractivity contribution is -0.121. The standard InChI is InChI=1S/C15H15N5OS/c1-10-7-8-14(22-10)11(2)16-18-15(21)9-20-13-6-4-3-5-12(13)17-19-20/h3-8H,9H2,1-2H3,(H,18,21). The molecule has 0 saturated heterocycles. The molecule has 0 aliphatic carbocycles. The highest BCUT2D eigenvalue weighted by molar-refractivity contribution is 7.14. The fraction of sp³-hybridized carbons (Fsp3) is 0.200. The van der Waals surface area contributed by atoms with Crippen LogP contribution in [0.25, 0.3) is 11.0 Å². The van der Waals surface area contributed by atoms with Gasteiger partial charge in [-0.2, -0.15) is 5.10 Å². The van der Waals surface area contributed by atoms with Gasteiger partial charge >= 0.3 is 0 Å². The minimum Gasteiger partial charge on any atom is -0.271 e. The highest BCUT2D eigenvalue weighted by Gasteiger charge is 2.08. The summed E-state index contributed by atoms with van der Waals surface area (Å²) in [4.78, 5) is 14.2. The normalized spacial score (nSPS) is 11.8. The van der Waals surface area contributed by atoms with Gasteiger partial charge in [0.15, 0.2) is 0 Å². The molecule has 0 bridgehead atoms. The Morgan fingerprint density at radius 2 is 2.14 bits per heavy atom. The highest BCUT2D eigenvalue weighted by atomic mass is 32.1. The molecule has 6 nitrogen and oxygen atoms in total. The second kappa shape index (κ2) is 6.07. The third kappa shape index (κ3) is 3.04. The number of fused-ring (bicyclic) bond motifs is 1. The van der Waals surface area contributed by atoms with E-state index < -0.39 is 0 Å². The van der Waals surface area contributed by atoms with Crippen molar-refractivity contribution in [1.82, 2.24) is 20.4 Å². The molecule has 22 heavy (non-hydrogen) atoms. The van der Waals surface area contributed by atoms with Crippen LogP contribution < -0.4 is 5.43 Å². The van der Waals surface area contributed by atoms with Gasteiger partial charge in [0.1, 0.15) is 12.1 Å². The summed E-state index contributed by atoms with van der Waals surface area (Å²) >= 11 is 1.65. The molecule has 0 saturated carbocycles. The van der Waals surface area contributed by atoms with Gasteiger partial charge in [-0.25, -0.2) is 10.1 Å². The van der Waals surface area contributed by atoms with E-state index in [0.717, 1.165) is 21.6 Å². The second-order valence-corrected chi connectivity index (χ2v) is 6.17. The molecule has 2 aromatic heterocycles. The van der Waals surface area contributed by atoms with Crippen molar-refractivity contribution in [3.8, 4) is 0 Å². The average molecular weight is 313 g/mol. The van der Waals surface area contributed by atoms with Gasteiger partial charge in [0.25, 0.3) is 5.91 Å². The maximum Gasteiger partial charge on any atom is 0.261 e.